The van der Waals surface area contributed by atoms with Crippen LogP contribution in [0, 0.1) is 0 Å². The van der Waals surface area contributed by atoms with Gasteiger partial charge in [0.25, 0.3) is 0 Å². The lowest BCUT2D eigenvalue weighted by Crippen LogP contribution is -2.63. The number of benzene rings is 3. The molecule has 2 heterocycles. The van der Waals surface area contributed by atoms with Crippen molar-refractivity contribution in [2.24, 2.45) is 4.99 Å². The lowest BCUT2D eigenvalue weighted by Gasteiger charge is -2.46. The van der Waals surface area contributed by atoms with Gasteiger partial charge in [-0.2, -0.15) is 0 Å². The van der Waals surface area contributed by atoms with Gasteiger partial charge in [0.05, 0.1) is 44.5 Å². The molecule has 3 aromatic rings. The zero-order valence-electron chi connectivity index (χ0n) is 21.8. The molecule has 8 nitrogen and oxygen atoms in total. The Morgan fingerprint density at radius 1 is 1.03 bits per heavy atom. The van der Waals surface area contributed by atoms with Crippen molar-refractivity contribution in [1.82, 2.24) is 4.90 Å². The molecule has 5 rings (SSSR count). The number of aliphatic hydroxyl groups is 1. The molecule has 0 aliphatic carbocycles. The molecule has 1 N–H and O–H groups in total. The molecule has 0 amide bonds. The Labute approximate surface area is 222 Å². The number of anilines is 1. The molecule has 0 bridgehead atoms. The highest BCUT2D eigenvalue weighted by molar-refractivity contribution is 6.00. The van der Waals surface area contributed by atoms with E-state index in [1.54, 1.807) is 4.90 Å². The van der Waals surface area contributed by atoms with E-state index < -0.39 is 11.1 Å². The summed E-state index contributed by atoms with van der Waals surface area (Å²) in [5.74, 6) is 0.710. The Morgan fingerprint density at radius 3 is 2.58 bits per heavy atom. The highest BCUT2D eigenvalue weighted by Gasteiger charge is 2.60. The summed E-state index contributed by atoms with van der Waals surface area (Å²) >= 11 is 0. The van der Waals surface area contributed by atoms with Crippen LogP contribution in [0.3, 0.4) is 0 Å². The average Bonchev–Trinajstić information content (AvgIpc) is 3.11. The van der Waals surface area contributed by atoms with Crippen LogP contribution in [0.2, 0.25) is 0 Å². The maximum Gasteiger partial charge on any atom is 0.229 e. The summed E-state index contributed by atoms with van der Waals surface area (Å²) in [4.78, 5) is 30.6. The predicted octanol–water partition coefficient (Wildman–Crippen LogP) is 3.64. The van der Waals surface area contributed by atoms with Crippen LogP contribution in [-0.2, 0) is 26.3 Å². The number of carbonyl (C=O) groups is 2. The molecule has 1 unspecified atom stereocenters. The van der Waals surface area contributed by atoms with E-state index in [0.717, 1.165) is 45.8 Å². The molecule has 2 aliphatic heterocycles. The normalized spacial score (nSPS) is 19.0. The second-order valence-corrected chi connectivity index (χ2v) is 10.1. The second kappa shape index (κ2) is 10.6. The quantitative estimate of drug-likeness (QED) is 0.308. The Kier molecular flexibility index (Phi) is 7.29. The number of ether oxygens (including phenoxy) is 2. The molecule has 198 valence electrons. The van der Waals surface area contributed by atoms with Crippen LogP contribution in [0.15, 0.2) is 59.6 Å². The van der Waals surface area contributed by atoms with Crippen LogP contribution >= 0.6 is 0 Å². The van der Waals surface area contributed by atoms with Gasteiger partial charge in [0.2, 0.25) is 5.72 Å². The van der Waals surface area contributed by atoms with Crippen molar-refractivity contribution < 1.29 is 24.2 Å². The predicted molar refractivity (Wildman–Crippen MR) is 148 cm³/mol. The van der Waals surface area contributed by atoms with Crippen molar-refractivity contribution >= 4 is 40.9 Å². The summed E-state index contributed by atoms with van der Waals surface area (Å²) in [5.41, 5.74) is 2.20. The molecule has 0 radical (unpaired) electrons. The number of aldehydes is 2. The summed E-state index contributed by atoms with van der Waals surface area (Å²) in [6.07, 6.45) is 3.48. The highest BCUT2D eigenvalue weighted by atomic mass is 16.5. The van der Waals surface area contributed by atoms with Crippen LogP contribution in [0.4, 0.5) is 11.4 Å². The Balaban J connectivity index is 1.45. The first-order valence-corrected chi connectivity index (χ1v) is 12.9. The van der Waals surface area contributed by atoms with E-state index in [1.165, 1.54) is 0 Å². The zero-order chi connectivity index (χ0) is 26.8. The summed E-state index contributed by atoms with van der Waals surface area (Å²) in [5, 5.41) is 12.3. The molecule has 0 aromatic heterocycles. The summed E-state index contributed by atoms with van der Waals surface area (Å²) in [6.45, 7) is 6.36. The van der Waals surface area contributed by atoms with E-state index in [1.807, 2.05) is 42.6 Å². The number of carbonyl (C=O) groups excluding carboxylic acids is 2. The zero-order valence-corrected chi connectivity index (χ0v) is 21.8. The molecule has 8 heteroatoms. The molecule has 0 saturated carbocycles. The molecule has 38 heavy (non-hydrogen) atoms. The Bertz CT molecular complexity index is 1360. The lowest BCUT2D eigenvalue weighted by atomic mass is 9.75. The number of fused-ring (bicyclic) bond motifs is 4. The van der Waals surface area contributed by atoms with Crippen molar-refractivity contribution in [3.05, 3.63) is 65.7 Å². The minimum atomic E-state index is -0.930. The van der Waals surface area contributed by atoms with Gasteiger partial charge in [0.1, 0.15) is 24.0 Å². The van der Waals surface area contributed by atoms with Crippen molar-refractivity contribution in [3.63, 3.8) is 0 Å². The maximum atomic E-state index is 10.9. The van der Waals surface area contributed by atoms with Crippen molar-refractivity contribution in [2.45, 2.75) is 31.6 Å². The molecule has 0 saturated heterocycles. The van der Waals surface area contributed by atoms with Crippen LogP contribution in [-0.4, -0.2) is 73.9 Å². The summed E-state index contributed by atoms with van der Waals surface area (Å²) < 4.78 is 12.9. The van der Waals surface area contributed by atoms with Gasteiger partial charge in [-0.25, -0.2) is 0 Å². The van der Waals surface area contributed by atoms with Gasteiger partial charge in [-0.3, -0.25) is 9.89 Å². The van der Waals surface area contributed by atoms with Crippen LogP contribution in [0.1, 0.15) is 25.0 Å². The van der Waals surface area contributed by atoms with Gasteiger partial charge in [0.15, 0.2) is 0 Å². The van der Waals surface area contributed by atoms with Gasteiger partial charge in [0, 0.05) is 24.2 Å². The van der Waals surface area contributed by atoms with Gasteiger partial charge < -0.3 is 29.1 Å². The van der Waals surface area contributed by atoms with Crippen LogP contribution < -0.4 is 9.64 Å². The van der Waals surface area contributed by atoms with Gasteiger partial charge in [-0.1, -0.05) is 42.5 Å². The summed E-state index contributed by atoms with van der Waals surface area (Å²) in [7, 11) is 0. The third-order valence-corrected chi connectivity index (χ3v) is 7.69. The standard InChI is InChI=1S/C30H33N3O5/c1-29(2)27-23(20-36)7-5-9-25(27)33(15-19-37-18-14-32(12-16-34)13-17-35)30(29)21-31-28-24-8-4-3-6-22(24)10-11-26(28)38-30/h3-11,16-17,21,36H,12-15,18-20H2,1-2H3. The van der Waals surface area contributed by atoms with E-state index in [4.69, 9.17) is 14.5 Å². The highest BCUT2D eigenvalue weighted by Crippen LogP contribution is 2.55. The molecular weight excluding hydrogens is 482 g/mol. The molecule has 1 atom stereocenters. The molecule has 2 aliphatic rings. The van der Waals surface area contributed by atoms with Crippen molar-refractivity contribution in [1.29, 1.82) is 0 Å². The fourth-order valence-electron chi connectivity index (χ4n) is 5.78. The Morgan fingerprint density at radius 2 is 1.82 bits per heavy atom. The lowest BCUT2D eigenvalue weighted by molar-refractivity contribution is -0.111. The minimum Gasteiger partial charge on any atom is -0.459 e. The SMILES string of the molecule is CC1(C)c2c(CO)cccc2N(CCOCCN(CC=O)CC=O)C12C=Nc1c(ccc3ccccc13)O2. The number of nitrogens with zero attached hydrogens (tertiary/aromatic N) is 3. The first-order chi connectivity index (χ1) is 18.5. The van der Waals surface area contributed by atoms with Crippen LogP contribution in [0.25, 0.3) is 10.8 Å². The molecule has 0 fully saturated rings. The number of hydrogen-bond acceptors (Lipinski definition) is 8. The summed E-state index contributed by atoms with van der Waals surface area (Å²) in [6, 6.07) is 18.1. The minimum absolute atomic E-state index is 0.0747. The number of aliphatic hydroxyl groups excluding tert-OH is 1. The third-order valence-electron chi connectivity index (χ3n) is 7.69. The van der Waals surface area contributed by atoms with Crippen molar-refractivity contribution in [2.75, 3.05) is 44.3 Å². The second-order valence-electron chi connectivity index (χ2n) is 10.1. The molecule has 1 spiro atoms. The largest absolute Gasteiger partial charge is 0.459 e. The monoisotopic (exact) mass is 515 g/mol. The number of hydrogen-bond donors (Lipinski definition) is 1. The fraction of sp³-hybridized carbons (Fsp3) is 0.367. The van der Waals surface area contributed by atoms with E-state index in [9.17, 15) is 14.7 Å². The van der Waals surface area contributed by atoms with Gasteiger partial charge >= 0.3 is 0 Å². The van der Waals surface area contributed by atoms with Gasteiger partial charge in [-0.05, 0) is 42.5 Å². The maximum absolute atomic E-state index is 10.9. The fourth-order valence-corrected chi connectivity index (χ4v) is 5.78. The van der Waals surface area contributed by atoms with E-state index >= 15 is 0 Å². The number of rotatable bonds is 11. The van der Waals surface area contributed by atoms with Crippen molar-refractivity contribution in [3.8, 4) is 5.75 Å². The van der Waals surface area contributed by atoms with E-state index in [2.05, 4.69) is 36.9 Å². The smallest absolute Gasteiger partial charge is 0.229 e. The van der Waals surface area contributed by atoms with E-state index in [0.29, 0.717) is 32.1 Å². The Hall–Kier alpha value is -3.59. The topological polar surface area (TPSA) is 91.7 Å². The number of aliphatic imine (C=N–C) groups is 1. The van der Waals surface area contributed by atoms with Gasteiger partial charge in [-0.15, -0.1) is 0 Å². The van der Waals surface area contributed by atoms with E-state index in [-0.39, 0.29) is 19.7 Å². The van der Waals surface area contributed by atoms with Crippen LogP contribution in [0.5, 0.6) is 5.75 Å². The average molecular weight is 516 g/mol. The first-order valence-electron chi connectivity index (χ1n) is 12.9. The third kappa shape index (κ3) is 4.28. The molecule has 3 aromatic carbocycles. The first kappa shape index (κ1) is 26.0. The molecular formula is C30H33N3O5.